The van der Waals surface area contributed by atoms with Crippen LogP contribution in [-0.4, -0.2) is 49.4 Å². The Morgan fingerprint density at radius 1 is 1.25 bits per heavy atom. The fourth-order valence-electron chi connectivity index (χ4n) is 3.64. The van der Waals surface area contributed by atoms with Crippen molar-refractivity contribution in [2.45, 2.75) is 51.0 Å². The van der Waals surface area contributed by atoms with Gasteiger partial charge in [-0.05, 0) is 37.9 Å². The molecule has 0 bridgehead atoms. The van der Waals surface area contributed by atoms with Gasteiger partial charge in [-0.15, -0.1) is 0 Å². The van der Waals surface area contributed by atoms with Crippen molar-refractivity contribution in [3.8, 4) is 0 Å². The van der Waals surface area contributed by atoms with Crippen LogP contribution in [0.4, 0.5) is 0 Å². The SMILES string of the molecule is Cc1ccccc1CN(C)CC(=O)NC1CCC2(CC1)OCCO2. The number of rotatable bonds is 5. The Hall–Kier alpha value is -1.43. The third kappa shape index (κ3) is 4.35. The van der Waals surface area contributed by atoms with Gasteiger partial charge < -0.3 is 14.8 Å². The van der Waals surface area contributed by atoms with Gasteiger partial charge in [-0.1, -0.05) is 24.3 Å². The molecule has 1 aromatic carbocycles. The van der Waals surface area contributed by atoms with Crippen LogP contribution in [0.1, 0.15) is 36.8 Å². The molecule has 0 atom stereocenters. The fourth-order valence-corrected chi connectivity index (χ4v) is 3.64. The van der Waals surface area contributed by atoms with Gasteiger partial charge in [-0.25, -0.2) is 0 Å². The zero-order valence-electron chi connectivity index (χ0n) is 14.7. The maximum absolute atomic E-state index is 12.3. The number of aryl methyl sites for hydroxylation is 1. The summed E-state index contributed by atoms with van der Waals surface area (Å²) in [6.07, 6.45) is 3.59. The van der Waals surface area contributed by atoms with Crippen molar-refractivity contribution in [1.29, 1.82) is 0 Å². The average Bonchev–Trinajstić information content (AvgIpc) is 3.00. The molecule has 1 saturated carbocycles. The number of likely N-dealkylation sites (N-methyl/N-ethyl adjacent to an activating group) is 1. The number of amides is 1. The second kappa shape index (κ2) is 7.64. The van der Waals surface area contributed by atoms with E-state index < -0.39 is 0 Å². The Bertz CT molecular complexity index is 559. The number of hydrogen-bond donors (Lipinski definition) is 1. The molecular weight excluding hydrogens is 304 g/mol. The van der Waals surface area contributed by atoms with Crippen molar-refractivity contribution in [2.24, 2.45) is 0 Å². The second-order valence-electron chi connectivity index (χ2n) is 7.05. The maximum Gasteiger partial charge on any atom is 0.234 e. The van der Waals surface area contributed by atoms with Crippen molar-refractivity contribution in [3.05, 3.63) is 35.4 Å². The molecule has 1 amide bonds. The first kappa shape index (κ1) is 17.4. The van der Waals surface area contributed by atoms with E-state index in [4.69, 9.17) is 9.47 Å². The van der Waals surface area contributed by atoms with Gasteiger partial charge in [0.1, 0.15) is 0 Å². The van der Waals surface area contributed by atoms with Crippen LogP contribution in [0.15, 0.2) is 24.3 Å². The van der Waals surface area contributed by atoms with E-state index >= 15 is 0 Å². The first-order chi connectivity index (χ1) is 11.6. The molecule has 24 heavy (non-hydrogen) atoms. The third-order valence-corrected chi connectivity index (χ3v) is 5.04. The molecule has 1 aliphatic carbocycles. The predicted molar refractivity (Wildman–Crippen MR) is 92.5 cm³/mol. The number of carbonyl (C=O) groups is 1. The van der Waals surface area contributed by atoms with Crippen LogP contribution < -0.4 is 5.32 Å². The Labute approximate surface area is 144 Å². The Kier molecular flexibility index (Phi) is 5.54. The lowest BCUT2D eigenvalue weighted by Crippen LogP contribution is -2.46. The summed E-state index contributed by atoms with van der Waals surface area (Å²) < 4.78 is 11.5. The van der Waals surface area contributed by atoms with Crippen LogP contribution >= 0.6 is 0 Å². The van der Waals surface area contributed by atoms with Gasteiger partial charge in [0.25, 0.3) is 0 Å². The lowest BCUT2D eigenvalue weighted by atomic mass is 9.90. The number of carbonyl (C=O) groups excluding carboxylic acids is 1. The van der Waals surface area contributed by atoms with Gasteiger partial charge in [0.05, 0.1) is 19.8 Å². The third-order valence-electron chi connectivity index (χ3n) is 5.04. The number of benzene rings is 1. The largest absolute Gasteiger partial charge is 0.352 e. The maximum atomic E-state index is 12.3. The molecule has 1 aliphatic heterocycles. The minimum absolute atomic E-state index is 0.0975. The van der Waals surface area contributed by atoms with Crippen molar-refractivity contribution < 1.29 is 14.3 Å². The van der Waals surface area contributed by atoms with Crippen LogP contribution in [0.5, 0.6) is 0 Å². The van der Waals surface area contributed by atoms with Gasteiger partial charge in [0.2, 0.25) is 5.91 Å². The highest BCUT2D eigenvalue weighted by Gasteiger charge is 2.40. The minimum Gasteiger partial charge on any atom is -0.352 e. The van der Waals surface area contributed by atoms with E-state index in [1.165, 1.54) is 11.1 Å². The van der Waals surface area contributed by atoms with Crippen molar-refractivity contribution in [2.75, 3.05) is 26.8 Å². The molecule has 1 saturated heterocycles. The van der Waals surface area contributed by atoms with Crippen molar-refractivity contribution in [3.63, 3.8) is 0 Å². The normalized spacial score (nSPS) is 20.6. The van der Waals surface area contributed by atoms with E-state index in [9.17, 15) is 4.79 Å². The van der Waals surface area contributed by atoms with Gasteiger partial charge in [0.15, 0.2) is 5.79 Å². The monoisotopic (exact) mass is 332 g/mol. The molecule has 1 spiro atoms. The van der Waals surface area contributed by atoms with Crippen LogP contribution in [0.25, 0.3) is 0 Å². The highest BCUT2D eigenvalue weighted by molar-refractivity contribution is 5.78. The number of nitrogens with zero attached hydrogens (tertiary/aromatic N) is 1. The highest BCUT2D eigenvalue weighted by atomic mass is 16.7. The number of ether oxygens (including phenoxy) is 2. The summed E-state index contributed by atoms with van der Waals surface area (Å²) in [4.78, 5) is 14.4. The van der Waals surface area contributed by atoms with E-state index in [-0.39, 0.29) is 17.7 Å². The van der Waals surface area contributed by atoms with Crippen molar-refractivity contribution >= 4 is 5.91 Å². The molecule has 2 aliphatic rings. The fraction of sp³-hybridized carbons (Fsp3) is 0.632. The van der Waals surface area contributed by atoms with Gasteiger partial charge in [-0.3, -0.25) is 9.69 Å². The zero-order chi connectivity index (χ0) is 17.0. The van der Waals surface area contributed by atoms with Crippen LogP contribution in [0, 0.1) is 6.92 Å². The Balaban J connectivity index is 1.42. The average molecular weight is 332 g/mol. The molecule has 132 valence electrons. The van der Waals surface area contributed by atoms with Crippen LogP contribution in [0.3, 0.4) is 0 Å². The molecule has 0 unspecified atom stereocenters. The first-order valence-electron chi connectivity index (χ1n) is 8.87. The van der Waals surface area contributed by atoms with E-state index in [0.29, 0.717) is 19.8 Å². The molecule has 0 radical (unpaired) electrons. The Morgan fingerprint density at radius 2 is 1.92 bits per heavy atom. The predicted octanol–water partition coefficient (Wildman–Crippen LogP) is 2.23. The highest BCUT2D eigenvalue weighted by Crippen LogP contribution is 2.35. The van der Waals surface area contributed by atoms with Gasteiger partial charge in [-0.2, -0.15) is 0 Å². The van der Waals surface area contributed by atoms with Crippen LogP contribution in [-0.2, 0) is 20.8 Å². The van der Waals surface area contributed by atoms with E-state index in [1.54, 1.807) is 0 Å². The molecule has 2 fully saturated rings. The summed E-state index contributed by atoms with van der Waals surface area (Å²) in [6.45, 7) is 4.70. The Morgan fingerprint density at radius 3 is 2.58 bits per heavy atom. The summed E-state index contributed by atoms with van der Waals surface area (Å²) in [5.41, 5.74) is 2.53. The second-order valence-corrected chi connectivity index (χ2v) is 7.05. The number of nitrogens with one attached hydrogen (secondary N) is 1. The van der Waals surface area contributed by atoms with Crippen LogP contribution in [0.2, 0.25) is 0 Å². The molecule has 0 aromatic heterocycles. The molecule has 5 nitrogen and oxygen atoms in total. The topological polar surface area (TPSA) is 50.8 Å². The van der Waals surface area contributed by atoms with E-state index in [0.717, 1.165) is 32.2 Å². The summed E-state index contributed by atoms with van der Waals surface area (Å²) >= 11 is 0. The molecule has 3 rings (SSSR count). The summed E-state index contributed by atoms with van der Waals surface area (Å²) in [5, 5.41) is 3.16. The minimum atomic E-state index is -0.358. The standard InChI is InChI=1S/C19H28N2O3/c1-15-5-3-4-6-16(15)13-21(2)14-18(22)20-17-7-9-19(10-8-17)23-11-12-24-19/h3-6,17H,7-14H2,1-2H3,(H,20,22). The lowest BCUT2D eigenvalue weighted by Gasteiger charge is -2.35. The zero-order valence-corrected chi connectivity index (χ0v) is 14.7. The summed E-state index contributed by atoms with van der Waals surface area (Å²) in [7, 11) is 1.99. The quantitative estimate of drug-likeness (QED) is 0.898. The first-order valence-corrected chi connectivity index (χ1v) is 8.87. The molecule has 1 heterocycles. The van der Waals surface area contributed by atoms with Gasteiger partial charge >= 0.3 is 0 Å². The smallest absolute Gasteiger partial charge is 0.234 e. The molecule has 5 heteroatoms. The molecular formula is C19H28N2O3. The molecule has 1 N–H and O–H groups in total. The van der Waals surface area contributed by atoms with Crippen molar-refractivity contribution in [1.82, 2.24) is 10.2 Å². The molecule has 1 aromatic rings. The van der Waals surface area contributed by atoms with Gasteiger partial charge in [0, 0.05) is 25.4 Å². The van der Waals surface area contributed by atoms with E-state index in [1.807, 2.05) is 19.2 Å². The lowest BCUT2D eigenvalue weighted by molar-refractivity contribution is -0.180. The van der Waals surface area contributed by atoms with E-state index in [2.05, 4.69) is 29.3 Å². The number of hydrogen-bond acceptors (Lipinski definition) is 4. The summed E-state index contributed by atoms with van der Waals surface area (Å²) in [5.74, 6) is -0.261. The summed E-state index contributed by atoms with van der Waals surface area (Å²) in [6, 6.07) is 8.54.